The maximum atomic E-state index is 12.4. The number of carbonyl (C=O) groups excluding carboxylic acids is 1. The summed E-state index contributed by atoms with van der Waals surface area (Å²) < 4.78 is 11.0. The fourth-order valence-electron chi connectivity index (χ4n) is 2.50. The summed E-state index contributed by atoms with van der Waals surface area (Å²) in [5.41, 5.74) is 0.686. The third-order valence-corrected chi connectivity index (χ3v) is 3.87. The van der Waals surface area contributed by atoms with Crippen molar-refractivity contribution < 1.29 is 14.3 Å². The van der Waals surface area contributed by atoms with E-state index in [1.165, 1.54) is 0 Å². The van der Waals surface area contributed by atoms with Gasteiger partial charge < -0.3 is 20.1 Å². The summed E-state index contributed by atoms with van der Waals surface area (Å²) >= 11 is 0. The molecule has 0 radical (unpaired) electrons. The molecule has 0 saturated carbocycles. The van der Waals surface area contributed by atoms with Crippen molar-refractivity contribution in [3.8, 4) is 11.5 Å². The lowest BCUT2D eigenvalue weighted by atomic mass is 9.99. The standard InChI is InChI=1S/C17H26N2O3/c1-3-4-10-22-16-8-7-14(21-2)11-15(16)19-17(20)13-6-5-9-18-12-13/h7-8,11,13,18H,3-6,9-10,12H2,1-2H3,(H,19,20). The second-order valence-electron chi connectivity index (χ2n) is 5.60. The van der Waals surface area contributed by atoms with E-state index in [2.05, 4.69) is 17.6 Å². The fraction of sp³-hybridized carbons (Fsp3) is 0.588. The molecule has 1 aliphatic rings. The minimum atomic E-state index is 0.0171. The fourth-order valence-corrected chi connectivity index (χ4v) is 2.50. The van der Waals surface area contributed by atoms with Gasteiger partial charge in [0, 0.05) is 12.6 Å². The van der Waals surface area contributed by atoms with Gasteiger partial charge in [0.25, 0.3) is 0 Å². The van der Waals surface area contributed by atoms with Gasteiger partial charge in [0.2, 0.25) is 5.91 Å². The second kappa shape index (κ2) is 8.63. The van der Waals surface area contributed by atoms with E-state index in [9.17, 15) is 4.79 Å². The predicted molar refractivity (Wildman–Crippen MR) is 87.6 cm³/mol. The molecule has 1 saturated heterocycles. The predicted octanol–water partition coefficient (Wildman–Crippen LogP) is 2.81. The number of ether oxygens (including phenoxy) is 2. The van der Waals surface area contributed by atoms with Crippen LogP contribution in [0.15, 0.2) is 18.2 Å². The first kappa shape index (κ1) is 16.6. The Balaban J connectivity index is 2.06. The van der Waals surface area contributed by atoms with Crippen molar-refractivity contribution in [1.82, 2.24) is 5.32 Å². The lowest BCUT2D eigenvalue weighted by molar-refractivity contribution is -0.120. The molecule has 1 heterocycles. The first-order valence-electron chi connectivity index (χ1n) is 8.07. The highest BCUT2D eigenvalue weighted by atomic mass is 16.5. The zero-order valence-electron chi connectivity index (χ0n) is 13.5. The van der Waals surface area contributed by atoms with Crippen LogP contribution in [0.25, 0.3) is 0 Å². The molecule has 122 valence electrons. The van der Waals surface area contributed by atoms with Crippen LogP contribution in [-0.4, -0.2) is 32.7 Å². The van der Waals surface area contributed by atoms with Gasteiger partial charge in [-0.2, -0.15) is 0 Å². The van der Waals surface area contributed by atoms with Crippen molar-refractivity contribution in [2.75, 3.05) is 32.1 Å². The molecule has 1 atom stereocenters. The van der Waals surface area contributed by atoms with E-state index >= 15 is 0 Å². The van der Waals surface area contributed by atoms with E-state index in [4.69, 9.17) is 9.47 Å². The molecule has 0 aromatic heterocycles. The molecule has 1 aromatic carbocycles. The topological polar surface area (TPSA) is 59.6 Å². The highest BCUT2D eigenvalue weighted by molar-refractivity contribution is 5.94. The molecule has 5 heteroatoms. The van der Waals surface area contributed by atoms with Gasteiger partial charge in [0.15, 0.2) is 0 Å². The molecular formula is C17H26N2O3. The van der Waals surface area contributed by atoms with Crippen molar-refractivity contribution in [2.24, 2.45) is 5.92 Å². The number of piperidine rings is 1. The quantitative estimate of drug-likeness (QED) is 0.761. The number of unbranched alkanes of at least 4 members (excludes halogenated alkanes) is 1. The Kier molecular flexibility index (Phi) is 6.52. The number of carbonyl (C=O) groups is 1. The van der Waals surface area contributed by atoms with E-state index in [1.54, 1.807) is 7.11 Å². The Labute approximate surface area is 132 Å². The highest BCUT2D eigenvalue weighted by Gasteiger charge is 2.22. The number of benzene rings is 1. The maximum Gasteiger partial charge on any atom is 0.228 e. The average molecular weight is 306 g/mol. The van der Waals surface area contributed by atoms with Crippen molar-refractivity contribution in [2.45, 2.75) is 32.6 Å². The zero-order chi connectivity index (χ0) is 15.8. The number of rotatable bonds is 7. The van der Waals surface area contributed by atoms with Crippen molar-refractivity contribution in [3.63, 3.8) is 0 Å². The van der Waals surface area contributed by atoms with Crippen molar-refractivity contribution in [1.29, 1.82) is 0 Å². The van der Waals surface area contributed by atoms with Crippen molar-refractivity contribution >= 4 is 11.6 Å². The summed E-state index contributed by atoms with van der Waals surface area (Å²) in [6.07, 6.45) is 4.03. The maximum absolute atomic E-state index is 12.4. The molecule has 1 fully saturated rings. The number of hydrogen-bond acceptors (Lipinski definition) is 4. The summed E-state index contributed by atoms with van der Waals surface area (Å²) in [5, 5.41) is 6.26. The second-order valence-corrected chi connectivity index (χ2v) is 5.60. The highest BCUT2D eigenvalue weighted by Crippen LogP contribution is 2.30. The minimum Gasteiger partial charge on any atom is -0.497 e. The first-order valence-corrected chi connectivity index (χ1v) is 8.07. The molecule has 5 nitrogen and oxygen atoms in total. The van der Waals surface area contributed by atoms with Crippen LogP contribution in [0.2, 0.25) is 0 Å². The molecule has 22 heavy (non-hydrogen) atoms. The molecule has 0 bridgehead atoms. The van der Waals surface area contributed by atoms with E-state index in [0.717, 1.165) is 38.8 Å². The van der Waals surface area contributed by atoms with Gasteiger partial charge in [0.1, 0.15) is 11.5 Å². The van der Waals surface area contributed by atoms with Crippen LogP contribution in [0, 0.1) is 5.92 Å². The van der Waals surface area contributed by atoms with Crippen LogP contribution in [-0.2, 0) is 4.79 Å². The summed E-state index contributed by atoms with van der Waals surface area (Å²) in [6, 6.07) is 5.51. The number of methoxy groups -OCH3 is 1. The number of nitrogens with one attached hydrogen (secondary N) is 2. The molecule has 1 amide bonds. The van der Waals surface area contributed by atoms with Gasteiger partial charge in [-0.25, -0.2) is 0 Å². The third kappa shape index (κ3) is 4.63. The van der Waals surface area contributed by atoms with Crippen LogP contribution < -0.4 is 20.1 Å². The summed E-state index contributed by atoms with van der Waals surface area (Å²) in [4.78, 5) is 12.4. The van der Waals surface area contributed by atoms with Gasteiger partial charge in [-0.3, -0.25) is 4.79 Å². The zero-order valence-corrected chi connectivity index (χ0v) is 13.5. The summed E-state index contributed by atoms with van der Waals surface area (Å²) in [6.45, 7) is 4.50. The van der Waals surface area contributed by atoms with Crippen LogP contribution in [0.5, 0.6) is 11.5 Å². The molecule has 1 aromatic rings. The largest absolute Gasteiger partial charge is 0.497 e. The Hall–Kier alpha value is -1.75. The van der Waals surface area contributed by atoms with Gasteiger partial charge in [-0.15, -0.1) is 0 Å². The van der Waals surface area contributed by atoms with Gasteiger partial charge in [0.05, 0.1) is 25.3 Å². The van der Waals surface area contributed by atoms with Crippen LogP contribution in [0.3, 0.4) is 0 Å². The Morgan fingerprint density at radius 1 is 1.45 bits per heavy atom. The Morgan fingerprint density at radius 2 is 2.32 bits per heavy atom. The lowest BCUT2D eigenvalue weighted by Crippen LogP contribution is -2.37. The van der Waals surface area contributed by atoms with Gasteiger partial charge in [-0.05, 0) is 37.9 Å². The molecule has 0 aliphatic carbocycles. The number of hydrogen-bond donors (Lipinski definition) is 2. The summed E-state index contributed by atoms with van der Waals surface area (Å²) in [7, 11) is 1.61. The molecule has 1 unspecified atom stereocenters. The van der Waals surface area contributed by atoms with Crippen LogP contribution >= 0.6 is 0 Å². The van der Waals surface area contributed by atoms with Crippen LogP contribution in [0.4, 0.5) is 5.69 Å². The molecular weight excluding hydrogens is 280 g/mol. The SMILES string of the molecule is CCCCOc1ccc(OC)cc1NC(=O)C1CCCNC1. The smallest absolute Gasteiger partial charge is 0.228 e. The minimum absolute atomic E-state index is 0.0171. The van der Waals surface area contributed by atoms with E-state index in [1.807, 2.05) is 18.2 Å². The van der Waals surface area contributed by atoms with E-state index in [0.29, 0.717) is 23.8 Å². The Morgan fingerprint density at radius 3 is 3.00 bits per heavy atom. The number of amides is 1. The van der Waals surface area contributed by atoms with E-state index < -0.39 is 0 Å². The van der Waals surface area contributed by atoms with Gasteiger partial charge in [-0.1, -0.05) is 13.3 Å². The van der Waals surface area contributed by atoms with Gasteiger partial charge >= 0.3 is 0 Å². The average Bonchev–Trinajstić information content (AvgIpc) is 2.57. The lowest BCUT2D eigenvalue weighted by Gasteiger charge is -2.22. The van der Waals surface area contributed by atoms with E-state index in [-0.39, 0.29) is 11.8 Å². The Bertz CT molecular complexity index is 485. The molecule has 2 N–H and O–H groups in total. The summed E-state index contributed by atoms with van der Waals surface area (Å²) in [5.74, 6) is 1.47. The third-order valence-electron chi connectivity index (χ3n) is 3.87. The van der Waals surface area contributed by atoms with Crippen molar-refractivity contribution in [3.05, 3.63) is 18.2 Å². The monoisotopic (exact) mass is 306 g/mol. The molecule has 1 aliphatic heterocycles. The molecule has 2 rings (SSSR count). The normalized spacial score (nSPS) is 17.8. The van der Waals surface area contributed by atoms with Crippen LogP contribution in [0.1, 0.15) is 32.6 Å². The number of anilines is 1. The first-order chi connectivity index (χ1) is 10.7. The molecule has 0 spiro atoms.